The third-order valence-corrected chi connectivity index (χ3v) is 2.83. The lowest BCUT2D eigenvalue weighted by atomic mass is 10.2. The molecule has 21 heavy (non-hydrogen) atoms. The van der Waals surface area contributed by atoms with Gasteiger partial charge in [-0.1, -0.05) is 0 Å². The average Bonchev–Trinajstić information content (AvgIpc) is 2.79. The van der Waals surface area contributed by atoms with Crippen LogP contribution >= 0.6 is 0 Å². The number of nitrogens with one attached hydrogen (secondary N) is 1. The normalized spacial score (nSPS) is 10.7. The molecule has 0 atom stereocenters. The molecule has 3 N–H and O–H groups in total. The Balaban J connectivity index is 2.03. The molecule has 0 bridgehead atoms. The molecule has 0 unspecified atom stereocenters. The topological polar surface area (TPSA) is 117 Å². The van der Waals surface area contributed by atoms with Crippen molar-refractivity contribution in [2.24, 2.45) is 0 Å². The van der Waals surface area contributed by atoms with E-state index < -0.39 is 23.2 Å². The van der Waals surface area contributed by atoms with Crippen LogP contribution in [0.5, 0.6) is 11.8 Å². The summed E-state index contributed by atoms with van der Waals surface area (Å²) >= 11 is 0. The van der Waals surface area contributed by atoms with Gasteiger partial charge in [0, 0.05) is 24.5 Å². The number of hydrogen-bond acceptors (Lipinski definition) is 6. The second kappa shape index (κ2) is 4.67. The molecular weight excluding hydrogens is 278 g/mol. The van der Waals surface area contributed by atoms with E-state index in [9.17, 15) is 19.8 Å². The summed E-state index contributed by atoms with van der Waals surface area (Å²) in [6.07, 6.45) is 2.61. The zero-order valence-corrected chi connectivity index (χ0v) is 10.5. The van der Waals surface area contributed by atoms with Crippen molar-refractivity contribution in [1.29, 1.82) is 0 Å². The first-order valence-electron chi connectivity index (χ1n) is 5.86. The van der Waals surface area contributed by atoms with Crippen molar-refractivity contribution in [3.63, 3.8) is 0 Å². The maximum absolute atomic E-state index is 12.2. The van der Waals surface area contributed by atoms with Crippen LogP contribution in [0.2, 0.25) is 0 Å². The zero-order valence-electron chi connectivity index (χ0n) is 10.5. The second-order valence-corrected chi connectivity index (χ2v) is 4.15. The SMILES string of the molecule is O=C(On1c(O)ccc1O)c1c[nH]c2cccnc2c1=O. The van der Waals surface area contributed by atoms with Crippen molar-refractivity contribution < 1.29 is 19.8 Å². The number of aromatic nitrogens is 3. The zero-order chi connectivity index (χ0) is 15.0. The number of fused-ring (bicyclic) bond motifs is 1. The van der Waals surface area contributed by atoms with E-state index in [4.69, 9.17) is 4.84 Å². The number of rotatable bonds is 2. The number of carbonyl (C=O) groups excluding carboxylic acids is 1. The first-order chi connectivity index (χ1) is 10.1. The molecule has 0 saturated heterocycles. The molecule has 3 aromatic rings. The molecule has 0 aliphatic rings. The summed E-state index contributed by atoms with van der Waals surface area (Å²) in [5, 5.41) is 18.8. The van der Waals surface area contributed by atoms with Gasteiger partial charge in [0.2, 0.25) is 17.2 Å². The summed E-state index contributed by atoms with van der Waals surface area (Å²) in [6, 6.07) is 5.55. The Morgan fingerprint density at radius 2 is 1.95 bits per heavy atom. The second-order valence-electron chi connectivity index (χ2n) is 4.15. The van der Waals surface area contributed by atoms with Gasteiger partial charge in [-0.2, -0.15) is 0 Å². The number of aromatic hydroxyl groups is 2. The Bertz CT molecular complexity index is 877. The first kappa shape index (κ1) is 12.7. The van der Waals surface area contributed by atoms with Gasteiger partial charge in [-0.3, -0.25) is 9.78 Å². The van der Waals surface area contributed by atoms with Crippen LogP contribution in [-0.4, -0.2) is 30.9 Å². The average molecular weight is 287 g/mol. The van der Waals surface area contributed by atoms with Gasteiger partial charge in [0.05, 0.1) is 5.52 Å². The maximum atomic E-state index is 12.2. The Labute approximate surface area is 116 Å². The highest BCUT2D eigenvalue weighted by Gasteiger charge is 2.18. The van der Waals surface area contributed by atoms with Gasteiger partial charge in [-0.15, -0.1) is 4.73 Å². The quantitative estimate of drug-likeness (QED) is 0.628. The van der Waals surface area contributed by atoms with Crippen LogP contribution < -0.4 is 10.3 Å². The lowest BCUT2D eigenvalue weighted by Gasteiger charge is -2.06. The van der Waals surface area contributed by atoms with Crippen LogP contribution in [0.25, 0.3) is 11.0 Å². The molecule has 0 aliphatic heterocycles. The maximum Gasteiger partial charge on any atom is 0.369 e. The van der Waals surface area contributed by atoms with E-state index in [1.54, 1.807) is 12.1 Å². The standard InChI is InChI=1S/C13H9N3O5/c17-9-3-4-10(18)16(9)21-13(20)7-6-15-8-2-1-5-14-11(8)12(7)19/h1-6,17-18H,(H,15,19). The van der Waals surface area contributed by atoms with Crippen LogP contribution in [0, 0.1) is 0 Å². The number of hydrogen-bond donors (Lipinski definition) is 3. The Hall–Kier alpha value is -3.29. The highest BCUT2D eigenvalue weighted by Crippen LogP contribution is 2.19. The van der Waals surface area contributed by atoms with Crippen molar-refractivity contribution in [3.8, 4) is 11.8 Å². The molecule has 8 heteroatoms. The summed E-state index contributed by atoms with van der Waals surface area (Å²) in [4.78, 5) is 35.5. The van der Waals surface area contributed by atoms with Crippen molar-refractivity contribution in [1.82, 2.24) is 14.7 Å². The molecular formula is C13H9N3O5. The molecule has 0 spiro atoms. The molecule has 3 rings (SSSR count). The molecule has 106 valence electrons. The van der Waals surface area contributed by atoms with Gasteiger partial charge in [0.1, 0.15) is 11.1 Å². The Morgan fingerprint density at radius 3 is 2.67 bits per heavy atom. The van der Waals surface area contributed by atoms with Crippen LogP contribution in [0.3, 0.4) is 0 Å². The van der Waals surface area contributed by atoms with E-state index in [0.29, 0.717) is 10.2 Å². The fourth-order valence-electron chi connectivity index (χ4n) is 1.82. The molecule has 8 nitrogen and oxygen atoms in total. The predicted octanol–water partition coefficient (Wildman–Crippen LogP) is 0.405. The predicted molar refractivity (Wildman–Crippen MR) is 71.0 cm³/mol. The van der Waals surface area contributed by atoms with Crippen molar-refractivity contribution in [3.05, 3.63) is 52.4 Å². The third-order valence-electron chi connectivity index (χ3n) is 2.83. The van der Waals surface area contributed by atoms with E-state index in [-0.39, 0.29) is 11.1 Å². The van der Waals surface area contributed by atoms with Gasteiger partial charge in [-0.05, 0) is 12.1 Å². The number of pyridine rings is 2. The van der Waals surface area contributed by atoms with Gasteiger partial charge < -0.3 is 20.0 Å². The highest BCUT2D eigenvalue weighted by molar-refractivity contribution is 5.92. The summed E-state index contributed by atoms with van der Waals surface area (Å²) < 4.78 is 0.504. The fraction of sp³-hybridized carbons (Fsp3) is 0. The van der Waals surface area contributed by atoms with E-state index in [0.717, 1.165) is 12.1 Å². The number of carbonyl (C=O) groups is 1. The smallest absolute Gasteiger partial charge is 0.369 e. The lowest BCUT2D eigenvalue weighted by Crippen LogP contribution is -2.25. The minimum Gasteiger partial charge on any atom is -0.492 e. The largest absolute Gasteiger partial charge is 0.492 e. The molecule has 0 aromatic carbocycles. The summed E-state index contributed by atoms with van der Waals surface area (Å²) in [5.41, 5.74) is -0.340. The number of H-pyrrole nitrogens is 1. The first-order valence-corrected chi connectivity index (χ1v) is 5.86. The van der Waals surface area contributed by atoms with Gasteiger partial charge >= 0.3 is 5.97 Å². The Kier molecular flexibility index (Phi) is 2.83. The molecule has 0 amide bonds. The number of aromatic amines is 1. The minimum atomic E-state index is -1.04. The van der Waals surface area contributed by atoms with Crippen molar-refractivity contribution in [2.75, 3.05) is 0 Å². The summed E-state index contributed by atoms with van der Waals surface area (Å²) in [6.45, 7) is 0. The van der Waals surface area contributed by atoms with Crippen LogP contribution in [-0.2, 0) is 0 Å². The van der Waals surface area contributed by atoms with Gasteiger partial charge in [0.15, 0.2) is 0 Å². The molecule has 0 aliphatic carbocycles. The third kappa shape index (κ3) is 2.08. The van der Waals surface area contributed by atoms with E-state index in [1.807, 2.05) is 0 Å². The summed E-state index contributed by atoms with van der Waals surface area (Å²) in [7, 11) is 0. The van der Waals surface area contributed by atoms with E-state index in [1.165, 1.54) is 12.4 Å². The number of nitrogens with zero attached hydrogens (tertiary/aromatic N) is 2. The fourth-order valence-corrected chi connectivity index (χ4v) is 1.82. The monoisotopic (exact) mass is 287 g/mol. The van der Waals surface area contributed by atoms with E-state index in [2.05, 4.69) is 9.97 Å². The van der Waals surface area contributed by atoms with E-state index >= 15 is 0 Å². The van der Waals surface area contributed by atoms with Crippen molar-refractivity contribution in [2.45, 2.75) is 0 Å². The van der Waals surface area contributed by atoms with Crippen LogP contribution in [0.15, 0.2) is 41.5 Å². The van der Waals surface area contributed by atoms with Gasteiger partial charge in [-0.25, -0.2) is 4.79 Å². The molecule has 0 saturated carbocycles. The van der Waals surface area contributed by atoms with Crippen molar-refractivity contribution >= 4 is 17.0 Å². The minimum absolute atomic E-state index is 0.0906. The summed E-state index contributed by atoms with van der Waals surface area (Å²) in [5.74, 6) is -1.99. The molecule has 0 fully saturated rings. The Morgan fingerprint density at radius 1 is 1.24 bits per heavy atom. The molecule has 0 radical (unpaired) electrons. The van der Waals surface area contributed by atoms with Gasteiger partial charge in [0.25, 0.3) is 0 Å². The lowest BCUT2D eigenvalue weighted by molar-refractivity contribution is 0.0380. The molecule has 3 aromatic heterocycles. The van der Waals surface area contributed by atoms with Crippen LogP contribution in [0.4, 0.5) is 0 Å². The highest BCUT2D eigenvalue weighted by atomic mass is 16.7. The van der Waals surface area contributed by atoms with Crippen LogP contribution in [0.1, 0.15) is 10.4 Å². The molecule has 3 heterocycles.